The Labute approximate surface area is 263 Å². The maximum atomic E-state index is 12.5. The third kappa shape index (κ3) is 9.64. The monoisotopic (exact) mass is 609 g/mol. The predicted octanol–water partition coefficient (Wildman–Crippen LogP) is 5.34. The predicted molar refractivity (Wildman–Crippen MR) is 176 cm³/mol. The zero-order valence-electron chi connectivity index (χ0n) is 24.6. The van der Waals surface area contributed by atoms with Crippen molar-refractivity contribution in [2.45, 2.75) is 36.7 Å². The molecule has 0 aliphatic heterocycles. The molecule has 0 spiro atoms. The number of aromatic nitrogens is 1. The average Bonchev–Trinajstić information content (AvgIpc) is 3.05. The summed E-state index contributed by atoms with van der Waals surface area (Å²) in [6.07, 6.45) is 4.03. The Morgan fingerprint density at radius 1 is 0.818 bits per heavy atom. The fourth-order valence-corrected chi connectivity index (χ4v) is 6.47. The quantitative estimate of drug-likeness (QED) is 0.0727. The van der Waals surface area contributed by atoms with Crippen molar-refractivity contribution in [3.8, 4) is 0 Å². The van der Waals surface area contributed by atoms with Crippen molar-refractivity contribution in [2.75, 3.05) is 18.8 Å². The molecule has 0 saturated heterocycles. The van der Waals surface area contributed by atoms with Crippen molar-refractivity contribution in [1.29, 1.82) is 0 Å². The van der Waals surface area contributed by atoms with Gasteiger partial charge in [-0.05, 0) is 41.0 Å². The van der Waals surface area contributed by atoms with Crippen LogP contribution in [0.25, 0.3) is 0 Å². The Morgan fingerprint density at radius 3 is 1.95 bits per heavy atom. The molecule has 1 atom stereocenters. The van der Waals surface area contributed by atoms with E-state index in [1.807, 2.05) is 54.2 Å². The smallest absolute Gasteiger partial charge is 0.317 e. The van der Waals surface area contributed by atoms with Crippen LogP contribution in [0.4, 0.5) is 0 Å². The summed E-state index contributed by atoms with van der Waals surface area (Å²) < 4.78 is -0.392. The molecule has 4 aromatic rings. The van der Waals surface area contributed by atoms with Crippen LogP contribution in [0, 0.1) is 0 Å². The number of nitrogens with one attached hydrogen (secondary N) is 2. The average molecular weight is 610 g/mol. The van der Waals surface area contributed by atoms with Gasteiger partial charge in [-0.3, -0.25) is 14.6 Å². The maximum absolute atomic E-state index is 12.5. The van der Waals surface area contributed by atoms with Crippen LogP contribution in [0.3, 0.4) is 0 Å². The lowest BCUT2D eigenvalue weighted by atomic mass is 9.84. The van der Waals surface area contributed by atoms with Gasteiger partial charge in [-0.15, -0.1) is 11.8 Å². The molecule has 1 amide bonds. The number of nitrogens with zero attached hydrogens (tertiary/aromatic N) is 1. The number of aliphatic hydroxyl groups excluding tert-OH is 1. The Bertz CT molecular complexity index is 1390. The second-order valence-corrected chi connectivity index (χ2v) is 11.6. The highest BCUT2D eigenvalue weighted by Crippen LogP contribution is 2.48. The number of carbonyl (C=O) groups is 2. The first-order chi connectivity index (χ1) is 21.5. The van der Waals surface area contributed by atoms with Crippen LogP contribution in [-0.4, -0.2) is 52.0 Å². The van der Waals surface area contributed by atoms with Gasteiger partial charge in [-0.2, -0.15) is 0 Å². The van der Waals surface area contributed by atoms with Crippen molar-refractivity contribution < 1.29 is 19.8 Å². The largest absolute Gasteiger partial charge is 0.480 e. The zero-order valence-corrected chi connectivity index (χ0v) is 25.5. The van der Waals surface area contributed by atoms with E-state index in [4.69, 9.17) is 5.11 Å². The molecule has 7 nitrogen and oxygen atoms in total. The van der Waals surface area contributed by atoms with Crippen molar-refractivity contribution in [1.82, 2.24) is 15.6 Å². The van der Waals surface area contributed by atoms with Gasteiger partial charge in [0.1, 0.15) is 0 Å². The van der Waals surface area contributed by atoms with Crippen molar-refractivity contribution in [3.05, 3.63) is 149 Å². The summed E-state index contributed by atoms with van der Waals surface area (Å²) in [5.41, 5.74) is 5.13. The zero-order chi connectivity index (χ0) is 31.0. The van der Waals surface area contributed by atoms with Crippen molar-refractivity contribution in [3.63, 3.8) is 0 Å². The normalized spacial score (nSPS) is 12.2. The van der Waals surface area contributed by atoms with E-state index in [0.29, 0.717) is 18.7 Å². The van der Waals surface area contributed by atoms with E-state index >= 15 is 0 Å². The van der Waals surface area contributed by atoms with Gasteiger partial charge in [0.25, 0.3) is 0 Å². The highest BCUT2D eigenvalue weighted by Gasteiger charge is 2.36. The summed E-state index contributed by atoms with van der Waals surface area (Å²) in [5, 5.41) is 24.9. The Morgan fingerprint density at radius 2 is 1.39 bits per heavy atom. The van der Waals surface area contributed by atoms with Crippen LogP contribution in [0.2, 0.25) is 0 Å². The highest BCUT2D eigenvalue weighted by molar-refractivity contribution is 8.00. The summed E-state index contributed by atoms with van der Waals surface area (Å²) in [4.78, 5) is 27.6. The first-order valence-corrected chi connectivity index (χ1v) is 15.7. The number of aliphatic carboxylic acids is 1. The number of aliphatic hydroxyl groups is 1. The molecule has 0 saturated carbocycles. The molecule has 1 heterocycles. The Hall–Kier alpha value is -4.24. The second-order valence-electron chi connectivity index (χ2n) is 10.3. The molecule has 8 heteroatoms. The third-order valence-electron chi connectivity index (χ3n) is 7.06. The van der Waals surface area contributed by atoms with E-state index < -0.39 is 16.8 Å². The van der Waals surface area contributed by atoms with Crippen molar-refractivity contribution >= 4 is 23.6 Å². The molecule has 0 aliphatic carbocycles. The molecule has 1 unspecified atom stereocenters. The molecular weight excluding hydrogens is 570 g/mol. The number of allylic oxidation sites excluding steroid dienone is 1. The SMILES string of the molecule is O=C(O)CNCCc1cccc(CNC(=O)CC(O)C=CCCSC(c2ccccc2)(c2ccccc2)c2ccccc2)n1. The molecule has 44 heavy (non-hydrogen) atoms. The molecule has 0 bridgehead atoms. The fourth-order valence-electron chi connectivity index (χ4n) is 5.00. The van der Waals surface area contributed by atoms with Crippen LogP contribution in [-0.2, 0) is 27.3 Å². The minimum absolute atomic E-state index is 0.0373. The summed E-state index contributed by atoms with van der Waals surface area (Å²) in [6, 6.07) is 37.2. The van der Waals surface area contributed by atoms with Gasteiger partial charge in [-0.1, -0.05) is 109 Å². The highest BCUT2D eigenvalue weighted by atomic mass is 32.2. The molecule has 228 valence electrons. The summed E-state index contributed by atoms with van der Waals surface area (Å²) >= 11 is 1.86. The summed E-state index contributed by atoms with van der Waals surface area (Å²) in [6.45, 7) is 0.655. The summed E-state index contributed by atoms with van der Waals surface area (Å²) in [5.74, 6) is -0.355. The van der Waals surface area contributed by atoms with Gasteiger partial charge in [0.05, 0.1) is 36.1 Å². The number of benzene rings is 3. The first kappa shape index (κ1) is 32.7. The number of hydrogen-bond donors (Lipinski definition) is 4. The maximum Gasteiger partial charge on any atom is 0.317 e. The van der Waals surface area contributed by atoms with Gasteiger partial charge in [0, 0.05) is 18.7 Å². The molecule has 0 fully saturated rings. The summed E-state index contributed by atoms with van der Waals surface area (Å²) in [7, 11) is 0. The molecule has 0 aliphatic rings. The lowest BCUT2D eigenvalue weighted by Gasteiger charge is -2.35. The van der Waals surface area contributed by atoms with E-state index in [1.54, 1.807) is 6.08 Å². The lowest BCUT2D eigenvalue weighted by molar-refractivity contribution is -0.136. The Balaban J connectivity index is 1.30. The molecule has 1 aromatic heterocycles. The van der Waals surface area contributed by atoms with Crippen molar-refractivity contribution in [2.24, 2.45) is 0 Å². The number of rotatable bonds is 17. The second kappa shape index (κ2) is 17.2. The van der Waals surface area contributed by atoms with Gasteiger partial charge in [0.2, 0.25) is 5.91 Å². The van der Waals surface area contributed by atoms with Gasteiger partial charge < -0.3 is 20.8 Å². The molecule has 4 rings (SSSR count). The minimum Gasteiger partial charge on any atom is -0.480 e. The van der Waals surface area contributed by atoms with Gasteiger partial charge >= 0.3 is 5.97 Å². The number of carbonyl (C=O) groups excluding carboxylic acids is 1. The lowest BCUT2D eigenvalue weighted by Crippen LogP contribution is -2.27. The van der Waals surface area contributed by atoms with E-state index in [9.17, 15) is 14.7 Å². The third-order valence-corrected chi connectivity index (χ3v) is 8.64. The minimum atomic E-state index is -0.901. The number of amides is 1. The number of carboxylic acid groups (broad SMARTS) is 1. The van der Waals surface area contributed by atoms with Crippen LogP contribution in [0.15, 0.2) is 121 Å². The van der Waals surface area contributed by atoms with E-state index in [1.165, 1.54) is 16.7 Å². The molecular formula is C36H39N3O4S. The topological polar surface area (TPSA) is 112 Å². The van der Waals surface area contributed by atoms with Gasteiger partial charge in [-0.25, -0.2) is 0 Å². The number of carboxylic acids is 1. The standard InChI is InChI=1S/C36H39N3O4S/c40-33(25-34(41)38-26-32-20-12-19-31(39-32)22-23-37-27-35(42)43)21-10-11-24-44-36(28-13-4-1-5-14-28,29-15-6-2-7-16-29)30-17-8-3-9-18-30/h1-10,12-21,33,37,40H,11,22-27H2,(H,38,41)(H,42,43). The van der Waals surface area contributed by atoms with E-state index in [2.05, 4.69) is 88.4 Å². The Kier molecular flexibility index (Phi) is 12.7. The first-order valence-electron chi connectivity index (χ1n) is 14.8. The van der Waals surface area contributed by atoms with Crippen LogP contribution in [0.1, 0.15) is 40.9 Å². The molecule has 4 N–H and O–H groups in total. The molecule has 0 radical (unpaired) electrons. The molecule has 3 aromatic carbocycles. The van der Waals surface area contributed by atoms with Crippen LogP contribution in [0.5, 0.6) is 0 Å². The van der Waals surface area contributed by atoms with E-state index in [-0.39, 0.29) is 25.4 Å². The van der Waals surface area contributed by atoms with E-state index in [0.717, 1.165) is 17.9 Å². The van der Waals surface area contributed by atoms with Crippen LogP contribution < -0.4 is 10.6 Å². The fraction of sp³-hybridized carbons (Fsp3) is 0.250. The number of thioether (sulfide) groups is 1. The van der Waals surface area contributed by atoms with Crippen LogP contribution >= 0.6 is 11.8 Å². The number of pyridine rings is 1. The number of hydrogen-bond acceptors (Lipinski definition) is 6. The van der Waals surface area contributed by atoms with Gasteiger partial charge in [0.15, 0.2) is 0 Å².